The summed E-state index contributed by atoms with van der Waals surface area (Å²) in [6.07, 6.45) is 1.54. The fraction of sp³-hybridized carbons (Fsp3) is 0.154. The summed E-state index contributed by atoms with van der Waals surface area (Å²) < 4.78 is 12.3. The molecule has 3 aromatic carbocycles. The Morgan fingerprint density at radius 3 is 2.55 bits per heavy atom. The first-order valence-electron chi connectivity index (χ1n) is 10.1. The molecule has 3 aromatic rings. The minimum Gasteiger partial charge on any atom is -0.493 e. The van der Waals surface area contributed by atoms with Gasteiger partial charge in [0.15, 0.2) is 11.5 Å². The SMILES string of the molecule is COc1cc(/C=C(/C#N)C(=O)N[C@H](C)c2ccccc2)cc(I)c1OCc1ccccc1Cl. The molecule has 0 saturated carbocycles. The van der Waals surface area contributed by atoms with E-state index in [1.54, 1.807) is 13.2 Å². The summed E-state index contributed by atoms with van der Waals surface area (Å²) in [6, 6.07) is 22.4. The zero-order chi connectivity index (χ0) is 23.8. The van der Waals surface area contributed by atoms with Crippen molar-refractivity contribution in [3.05, 3.63) is 97.6 Å². The first-order chi connectivity index (χ1) is 15.9. The van der Waals surface area contributed by atoms with Gasteiger partial charge < -0.3 is 14.8 Å². The van der Waals surface area contributed by atoms with Crippen molar-refractivity contribution in [2.45, 2.75) is 19.6 Å². The summed E-state index contributed by atoms with van der Waals surface area (Å²) in [5.41, 5.74) is 2.47. The minimum atomic E-state index is -0.443. The van der Waals surface area contributed by atoms with Gasteiger partial charge in [0.05, 0.1) is 16.7 Å². The van der Waals surface area contributed by atoms with Crippen LogP contribution in [0.15, 0.2) is 72.3 Å². The number of nitriles is 1. The number of nitrogens with one attached hydrogen (secondary N) is 1. The number of ether oxygens (including phenoxy) is 2. The van der Waals surface area contributed by atoms with Crippen molar-refractivity contribution in [2.75, 3.05) is 7.11 Å². The molecule has 7 heteroatoms. The van der Waals surface area contributed by atoms with E-state index in [0.717, 1.165) is 14.7 Å². The van der Waals surface area contributed by atoms with E-state index < -0.39 is 5.91 Å². The molecule has 0 saturated heterocycles. The molecule has 0 heterocycles. The Morgan fingerprint density at radius 2 is 1.88 bits per heavy atom. The standard InChI is InChI=1S/C26H22ClIN2O3/c1-17(19-8-4-3-5-9-19)30-26(31)21(15-29)12-18-13-23(28)25(24(14-18)32-2)33-16-20-10-6-7-11-22(20)27/h3-14,17H,16H2,1-2H3,(H,30,31)/b21-12-/t17-/m1/s1. The molecule has 0 aromatic heterocycles. The van der Waals surface area contributed by atoms with Crippen LogP contribution in [0.2, 0.25) is 5.02 Å². The van der Waals surface area contributed by atoms with Crippen LogP contribution in [0.4, 0.5) is 0 Å². The molecule has 1 amide bonds. The number of carbonyl (C=O) groups is 1. The molecule has 0 aliphatic carbocycles. The molecule has 1 atom stereocenters. The number of halogens is 2. The number of carbonyl (C=O) groups excluding carboxylic acids is 1. The third-order valence-electron chi connectivity index (χ3n) is 4.90. The molecule has 0 aliphatic rings. The maximum absolute atomic E-state index is 12.7. The number of nitrogens with zero attached hydrogens (tertiary/aromatic N) is 1. The number of benzene rings is 3. The monoisotopic (exact) mass is 572 g/mol. The fourth-order valence-electron chi connectivity index (χ4n) is 3.14. The topological polar surface area (TPSA) is 71.3 Å². The van der Waals surface area contributed by atoms with Crippen LogP contribution >= 0.6 is 34.2 Å². The van der Waals surface area contributed by atoms with Crippen molar-refractivity contribution in [3.8, 4) is 17.6 Å². The van der Waals surface area contributed by atoms with Crippen molar-refractivity contribution in [3.63, 3.8) is 0 Å². The lowest BCUT2D eigenvalue weighted by Gasteiger charge is -2.15. The number of methoxy groups -OCH3 is 1. The smallest absolute Gasteiger partial charge is 0.262 e. The fourth-order valence-corrected chi connectivity index (χ4v) is 4.11. The summed E-state index contributed by atoms with van der Waals surface area (Å²) in [6.45, 7) is 2.16. The average molecular weight is 573 g/mol. The van der Waals surface area contributed by atoms with Crippen LogP contribution in [-0.4, -0.2) is 13.0 Å². The van der Waals surface area contributed by atoms with Crippen molar-refractivity contribution in [2.24, 2.45) is 0 Å². The zero-order valence-electron chi connectivity index (χ0n) is 18.1. The van der Waals surface area contributed by atoms with Crippen molar-refractivity contribution in [1.29, 1.82) is 5.26 Å². The van der Waals surface area contributed by atoms with E-state index in [0.29, 0.717) is 22.1 Å². The van der Waals surface area contributed by atoms with E-state index in [9.17, 15) is 10.1 Å². The predicted octanol–water partition coefficient (Wildman–Crippen LogP) is 6.32. The lowest BCUT2D eigenvalue weighted by molar-refractivity contribution is -0.117. The van der Waals surface area contributed by atoms with E-state index in [-0.39, 0.29) is 18.2 Å². The van der Waals surface area contributed by atoms with Gasteiger partial charge in [0.25, 0.3) is 5.91 Å². The molecule has 33 heavy (non-hydrogen) atoms. The Hall–Kier alpha value is -3.02. The van der Waals surface area contributed by atoms with Gasteiger partial charge in [0.1, 0.15) is 18.2 Å². The minimum absolute atomic E-state index is 0.000343. The third kappa shape index (κ3) is 6.50. The van der Waals surface area contributed by atoms with Crippen LogP contribution < -0.4 is 14.8 Å². The lowest BCUT2D eigenvalue weighted by atomic mass is 10.1. The maximum atomic E-state index is 12.7. The molecular formula is C26H22ClIN2O3. The summed E-state index contributed by atoms with van der Waals surface area (Å²) in [5, 5.41) is 13.1. The summed E-state index contributed by atoms with van der Waals surface area (Å²) in [5.74, 6) is 0.619. The average Bonchev–Trinajstić information content (AvgIpc) is 2.82. The quantitative estimate of drug-likeness (QED) is 0.195. The van der Waals surface area contributed by atoms with Gasteiger partial charge in [0.2, 0.25) is 0 Å². The number of hydrogen-bond acceptors (Lipinski definition) is 4. The first-order valence-corrected chi connectivity index (χ1v) is 11.6. The third-order valence-corrected chi connectivity index (χ3v) is 6.07. The van der Waals surface area contributed by atoms with Crippen LogP contribution in [-0.2, 0) is 11.4 Å². The van der Waals surface area contributed by atoms with E-state index in [1.165, 1.54) is 6.08 Å². The van der Waals surface area contributed by atoms with Crippen LogP contribution in [0.25, 0.3) is 6.08 Å². The van der Waals surface area contributed by atoms with Crippen molar-refractivity contribution < 1.29 is 14.3 Å². The second-order valence-corrected chi connectivity index (χ2v) is 8.76. The van der Waals surface area contributed by atoms with E-state index in [1.807, 2.05) is 73.7 Å². The molecule has 3 rings (SSSR count). The molecule has 0 unspecified atom stereocenters. The Morgan fingerprint density at radius 1 is 1.18 bits per heavy atom. The summed E-state index contributed by atoms with van der Waals surface area (Å²) >= 11 is 8.36. The summed E-state index contributed by atoms with van der Waals surface area (Å²) in [4.78, 5) is 12.7. The van der Waals surface area contributed by atoms with Crippen LogP contribution in [0.5, 0.6) is 11.5 Å². The highest BCUT2D eigenvalue weighted by atomic mass is 127. The predicted molar refractivity (Wildman–Crippen MR) is 138 cm³/mol. The molecule has 0 bridgehead atoms. The van der Waals surface area contributed by atoms with Gasteiger partial charge in [-0.15, -0.1) is 0 Å². The Bertz CT molecular complexity index is 1210. The van der Waals surface area contributed by atoms with Crippen LogP contribution in [0.3, 0.4) is 0 Å². The number of hydrogen-bond donors (Lipinski definition) is 1. The maximum Gasteiger partial charge on any atom is 0.262 e. The molecule has 0 fully saturated rings. The second-order valence-electron chi connectivity index (χ2n) is 7.19. The first kappa shape index (κ1) is 24.6. The van der Waals surface area contributed by atoms with E-state index in [4.69, 9.17) is 21.1 Å². The lowest BCUT2D eigenvalue weighted by Crippen LogP contribution is -2.27. The zero-order valence-corrected chi connectivity index (χ0v) is 21.1. The van der Waals surface area contributed by atoms with Crippen molar-refractivity contribution in [1.82, 2.24) is 5.32 Å². The van der Waals surface area contributed by atoms with Gasteiger partial charge in [-0.2, -0.15) is 5.26 Å². The van der Waals surface area contributed by atoms with Gasteiger partial charge in [0, 0.05) is 10.6 Å². The second kappa shape index (κ2) is 11.7. The van der Waals surface area contributed by atoms with Crippen LogP contribution in [0.1, 0.15) is 29.7 Å². The Kier molecular flexibility index (Phi) is 8.75. The molecule has 0 radical (unpaired) electrons. The van der Waals surface area contributed by atoms with Crippen LogP contribution in [0, 0.1) is 14.9 Å². The molecule has 0 aliphatic heterocycles. The molecular weight excluding hydrogens is 551 g/mol. The van der Waals surface area contributed by atoms with Gasteiger partial charge in [-0.25, -0.2) is 0 Å². The number of rotatable bonds is 8. The van der Waals surface area contributed by atoms with Gasteiger partial charge in [-0.05, 0) is 64.9 Å². The summed E-state index contributed by atoms with van der Waals surface area (Å²) in [7, 11) is 1.54. The highest BCUT2D eigenvalue weighted by molar-refractivity contribution is 14.1. The van der Waals surface area contributed by atoms with Gasteiger partial charge in [-0.3, -0.25) is 4.79 Å². The number of amides is 1. The molecule has 168 valence electrons. The highest BCUT2D eigenvalue weighted by Gasteiger charge is 2.16. The largest absolute Gasteiger partial charge is 0.493 e. The molecule has 5 nitrogen and oxygen atoms in total. The van der Waals surface area contributed by atoms with E-state index in [2.05, 4.69) is 27.9 Å². The van der Waals surface area contributed by atoms with Crippen molar-refractivity contribution >= 4 is 46.2 Å². The Balaban J connectivity index is 1.80. The normalized spacial score (nSPS) is 11.9. The molecule has 1 N–H and O–H groups in total. The molecule has 0 spiro atoms. The van der Waals surface area contributed by atoms with E-state index >= 15 is 0 Å². The highest BCUT2D eigenvalue weighted by Crippen LogP contribution is 2.35. The van der Waals surface area contributed by atoms with Gasteiger partial charge >= 0.3 is 0 Å². The van der Waals surface area contributed by atoms with Gasteiger partial charge in [-0.1, -0.05) is 60.1 Å². The Labute approximate surface area is 212 Å².